The molecule has 0 radical (unpaired) electrons. The molecule has 1 aromatic heterocycles. The summed E-state index contributed by atoms with van der Waals surface area (Å²) in [6.45, 7) is 4.70. The molecule has 3 heterocycles. The molecular formula is C28H35N3O3. The number of amides is 1. The topological polar surface area (TPSA) is 74.9 Å². The fourth-order valence-electron chi connectivity index (χ4n) is 7.37. The number of rotatable bonds is 5. The van der Waals surface area contributed by atoms with Gasteiger partial charge in [-0.3, -0.25) is 9.69 Å². The summed E-state index contributed by atoms with van der Waals surface area (Å²) in [6, 6.07) is 10.2. The van der Waals surface area contributed by atoms with Crippen LogP contribution in [-0.2, 0) is 11.8 Å². The maximum atomic E-state index is 13.0. The number of carbonyl (C=O) groups is 1. The van der Waals surface area contributed by atoms with Crippen LogP contribution >= 0.6 is 0 Å². The third-order valence-corrected chi connectivity index (χ3v) is 9.43. The predicted octanol–water partition coefficient (Wildman–Crippen LogP) is 5.58. The van der Waals surface area contributed by atoms with E-state index in [1.54, 1.807) is 18.4 Å². The summed E-state index contributed by atoms with van der Waals surface area (Å²) in [4.78, 5) is 27.4. The van der Waals surface area contributed by atoms with Gasteiger partial charge in [-0.2, -0.15) is 0 Å². The zero-order chi connectivity index (χ0) is 23.3. The van der Waals surface area contributed by atoms with Crippen molar-refractivity contribution in [3.05, 3.63) is 58.4 Å². The summed E-state index contributed by atoms with van der Waals surface area (Å²) in [5.74, 6) is 2.06. The lowest BCUT2D eigenvalue weighted by Crippen LogP contribution is -2.52. The Balaban J connectivity index is 1.43. The maximum Gasteiger partial charge on any atom is 0.287 e. The molecule has 1 N–H and O–H groups in total. The number of hydrogen-bond donors (Lipinski definition) is 1. The van der Waals surface area contributed by atoms with Crippen LogP contribution in [-0.4, -0.2) is 36.0 Å². The molecule has 7 rings (SSSR count). The molecule has 180 valence electrons. The molecule has 2 aromatic rings. The highest BCUT2D eigenvalue weighted by Crippen LogP contribution is 2.50. The summed E-state index contributed by atoms with van der Waals surface area (Å²) in [5, 5.41) is 6.67. The van der Waals surface area contributed by atoms with Gasteiger partial charge >= 0.3 is 0 Å². The van der Waals surface area contributed by atoms with Gasteiger partial charge in [0.25, 0.3) is 5.91 Å². The second-order valence-electron chi connectivity index (χ2n) is 11.4. The average Bonchev–Trinajstić information content (AvgIpc) is 3.52. The molecule has 1 saturated heterocycles. The van der Waals surface area contributed by atoms with Gasteiger partial charge in [-0.1, -0.05) is 13.0 Å². The van der Waals surface area contributed by atoms with Gasteiger partial charge in [-0.05, 0) is 122 Å². The average molecular weight is 462 g/mol. The first-order valence-electron chi connectivity index (χ1n) is 13.1. The van der Waals surface area contributed by atoms with E-state index in [0.29, 0.717) is 29.3 Å². The fourth-order valence-corrected chi connectivity index (χ4v) is 7.37. The van der Waals surface area contributed by atoms with Crippen LogP contribution in [0.25, 0.3) is 0 Å². The van der Waals surface area contributed by atoms with Gasteiger partial charge < -0.3 is 9.73 Å². The third kappa shape index (κ3) is 3.90. The highest BCUT2D eigenvalue weighted by Gasteiger charge is 2.49. The van der Waals surface area contributed by atoms with Gasteiger partial charge in [0.2, 0.25) is 0 Å². The molecule has 2 saturated carbocycles. The van der Waals surface area contributed by atoms with E-state index in [0.717, 1.165) is 44.6 Å². The minimum atomic E-state index is -0.136. The fraction of sp³-hybridized carbons (Fsp3) is 0.607. The van der Waals surface area contributed by atoms with E-state index < -0.39 is 0 Å². The Morgan fingerprint density at radius 1 is 1.18 bits per heavy atom. The molecule has 5 atom stereocenters. The summed E-state index contributed by atoms with van der Waals surface area (Å²) >= 11 is 0. The van der Waals surface area contributed by atoms with Crippen LogP contribution in [0, 0.1) is 22.7 Å². The smallest absolute Gasteiger partial charge is 0.287 e. The van der Waals surface area contributed by atoms with Crippen molar-refractivity contribution in [3.63, 3.8) is 0 Å². The van der Waals surface area contributed by atoms with E-state index in [1.807, 2.05) is 6.07 Å². The van der Waals surface area contributed by atoms with Crippen molar-refractivity contribution in [1.29, 1.82) is 0 Å². The molecule has 1 aromatic carbocycles. The Hall–Kier alpha value is -2.47. The van der Waals surface area contributed by atoms with E-state index in [-0.39, 0.29) is 17.4 Å². The van der Waals surface area contributed by atoms with Crippen LogP contribution in [0.1, 0.15) is 73.6 Å². The van der Waals surface area contributed by atoms with Gasteiger partial charge in [0.1, 0.15) is 5.69 Å². The van der Waals surface area contributed by atoms with Crippen molar-refractivity contribution < 1.29 is 9.21 Å². The SMILES string of the molecule is CC12CCN(CC3CC3)C(Cc3ccc(N=O)cc31)C1CCC(NC(=O)c3ccco3)C2CC1. The first-order chi connectivity index (χ1) is 16.5. The zero-order valence-corrected chi connectivity index (χ0v) is 20.0. The lowest BCUT2D eigenvalue weighted by molar-refractivity contribution is 0.0812. The van der Waals surface area contributed by atoms with Crippen LogP contribution in [0.4, 0.5) is 5.69 Å². The number of carbonyl (C=O) groups excluding carboxylic acids is 1. The first kappa shape index (κ1) is 22.0. The largest absolute Gasteiger partial charge is 0.459 e. The highest BCUT2D eigenvalue weighted by molar-refractivity contribution is 5.91. The van der Waals surface area contributed by atoms with Crippen molar-refractivity contribution in [3.8, 4) is 0 Å². The molecular weight excluding hydrogens is 426 g/mol. The van der Waals surface area contributed by atoms with E-state index in [2.05, 4.69) is 34.5 Å². The number of nitroso groups, excluding NO2 is 1. The Bertz CT molecular complexity index is 1060. The lowest BCUT2D eigenvalue weighted by atomic mass is 9.63. The molecule has 34 heavy (non-hydrogen) atoms. The maximum absolute atomic E-state index is 13.0. The van der Waals surface area contributed by atoms with Crippen molar-refractivity contribution in [2.75, 3.05) is 13.1 Å². The molecule has 5 unspecified atom stereocenters. The van der Waals surface area contributed by atoms with E-state index >= 15 is 0 Å². The summed E-state index contributed by atoms with van der Waals surface area (Å²) in [7, 11) is 0. The summed E-state index contributed by atoms with van der Waals surface area (Å²) in [5.41, 5.74) is 3.03. The molecule has 5 aliphatic rings. The Kier molecular flexibility index (Phi) is 5.59. The number of nitrogens with one attached hydrogen (secondary N) is 1. The number of nitrogens with zero attached hydrogens (tertiary/aromatic N) is 2. The van der Waals surface area contributed by atoms with Crippen LogP contribution in [0.15, 0.2) is 46.2 Å². The predicted molar refractivity (Wildman–Crippen MR) is 131 cm³/mol. The van der Waals surface area contributed by atoms with Gasteiger partial charge in [0, 0.05) is 18.6 Å². The van der Waals surface area contributed by atoms with Gasteiger partial charge in [0.05, 0.1) is 6.26 Å². The first-order valence-corrected chi connectivity index (χ1v) is 13.1. The van der Waals surface area contributed by atoms with Crippen LogP contribution in [0.5, 0.6) is 0 Å². The number of fused-ring (bicyclic) bond motifs is 2. The van der Waals surface area contributed by atoms with E-state index in [4.69, 9.17) is 4.42 Å². The third-order valence-electron chi connectivity index (χ3n) is 9.43. The van der Waals surface area contributed by atoms with Crippen LogP contribution < -0.4 is 5.32 Å². The molecule has 6 nitrogen and oxygen atoms in total. The lowest BCUT2D eigenvalue weighted by Gasteiger charge is -2.47. The number of benzene rings is 1. The molecule has 1 amide bonds. The molecule has 3 aliphatic carbocycles. The van der Waals surface area contributed by atoms with Gasteiger partial charge in [-0.25, -0.2) is 0 Å². The number of furan rings is 1. The molecule has 4 bridgehead atoms. The Morgan fingerprint density at radius 3 is 2.79 bits per heavy atom. The van der Waals surface area contributed by atoms with Crippen LogP contribution in [0.3, 0.4) is 0 Å². The zero-order valence-electron chi connectivity index (χ0n) is 20.0. The molecule has 0 spiro atoms. The highest BCUT2D eigenvalue weighted by atomic mass is 16.3. The van der Waals surface area contributed by atoms with Crippen LogP contribution in [0.2, 0.25) is 0 Å². The summed E-state index contributed by atoms with van der Waals surface area (Å²) < 4.78 is 5.40. The van der Waals surface area contributed by atoms with Crippen molar-refractivity contribution in [2.24, 2.45) is 22.9 Å². The standard InChI is InChI=1S/C28H35N3O3/c1-28-12-13-31(17-18-4-5-18)25(15-20-6-9-21(30-33)16-23(20)28)19-7-10-22(28)24(11-8-19)29-27(32)26-3-2-14-34-26/h2-3,6,9,14,16,18-19,22,24-25H,4-5,7-8,10-13,15,17H2,1H3,(H,29,32). The second-order valence-corrected chi connectivity index (χ2v) is 11.4. The van der Waals surface area contributed by atoms with E-state index in [1.165, 1.54) is 36.9 Å². The van der Waals surface area contributed by atoms with E-state index in [9.17, 15) is 9.70 Å². The minimum absolute atomic E-state index is 0.0852. The van der Waals surface area contributed by atoms with Crippen molar-refractivity contribution in [2.45, 2.75) is 75.8 Å². The Morgan fingerprint density at radius 2 is 2.03 bits per heavy atom. The molecule has 2 aliphatic heterocycles. The normalized spacial score (nSPS) is 33.2. The second kappa shape index (κ2) is 8.63. The molecule has 3 fully saturated rings. The van der Waals surface area contributed by atoms with Gasteiger partial charge in [0.15, 0.2) is 5.76 Å². The monoisotopic (exact) mass is 461 g/mol. The molecule has 6 heteroatoms. The van der Waals surface area contributed by atoms with Crippen molar-refractivity contribution >= 4 is 11.6 Å². The number of hydrogen-bond acceptors (Lipinski definition) is 5. The Labute approximate surface area is 201 Å². The van der Waals surface area contributed by atoms with Gasteiger partial charge in [-0.15, -0.1) is 4.91 Å². The van der Waals surface area contributed by atoms with Crippen molar-refractivity contribution in [1.82, 2.24) is 10.2 Å². The summed E-state index contributed by atoms with van der Waals surface area (Å²) in [6.07, 6.45) is 10.8. The minimum Gasteiger partial charge on any atom is -0.459 e. The quantitative estimate of drug-likeness (QED) is 0.590.